The second-order valence-electron chi connectivity index (χ2n) is 19.1. The minimum absolute atomic E-state index is 0.359. The highest BCUT2D eigenvalue weighted by Crippen LogP contribution is 2.63. The Morgan fingerprint density at radius 1 is 0.312 bits per heavy atom. The van der Waals surface area contributed by atoms with E-state index in [-0.39, 0.29) is 10.8 Å². The molecule has 4 heteroatoms. The molecule has 0 radical (unpaired) electrons. The van der Waals surface area contributed by atoms with Crippen LogP contribution in [0.4, 0.5) is 0 Å². The number of para-hydroxylation sites is 4. The summed E-state index contributed by atoms with van der Waals surface area (Å²) in [6, 6.07) is 56.5. The zero-order valence-electron chi connectivity index (χ0n) is 35.6. The van der Waals surface area contributed by atoms with Gasteiger partial charge in [-0.25, -0.2) is 0 Å². The lowest BCUT2D eigenvalue weighted by Crippen LogP contribution is -2.24. The lowest BCUT2D eigenvalue weighted by molar-refractivity contribution is 0.601. The largest absolute Gasteiger partial charge is 0.456 e. The molecule has 302 valence electrons. The van der Waals surface area contributed by atoms with Crippen molar-refractivity contribution in [1.29, 1.82) is 0 Å². The Balaban J connectivity index is 0.989. The molecule has 4 heterocycles. The fraction of sp³-hybridized carbons (Fsp3) is 0.100. The van der Waals surface area contributed by atoms with Gasteiger partial charge < -0.3 is 17.7 Å². The van der Waals surface area contributed by atoms with Crippen LogP contribution in [-0.2, 0) is 10.8 Å². The van der Waals surface area contributed by atoms with Gasteiger partial charge in [0.25, 0.3) is 0 Å². The highest BCUT2D eigenvalue weighted by molar-refractivity contribution is 6.22. The molecule has 13 aromatic rings. The molecule has 0 saturated carbocycles. The molecule has 2 aliphatic carbocycles. The van der Waals surface area contributed by atoms with Crippen LogP contribution in [0.2, 0.25) is 0 Å². The van der Waals surface area contributed by atoms with Gasteiger partial charge in [-0.05, 0) is 116 Å². The molecule has 0 bridgehead atoms. The van der Waals surface area contributed by atoms with Crippen molar-refractivity contribution in [3.05, 3.63) is 180 Å². The Labute approximate surface area is 366 Å². The third-order valence-corrected chi connectivity index (χ3v) is 15.0. The van der Waals surface area contributed by atoms with E-state index in [2.05, 4.69) is 161 Å². The third kappa shape index (κ3) is 4.19. The Kier molecular flexibility index (Phi) is 6.29. The van der Waals surface area contributed by atoms with Crippen LogP contribution >= 0.6 is 0 Å². The summed E-state index contributed by atoms with van der Waals surface area (Å²) in [5, 5.41) is 9.03. The molecule has 0 spiro atoms. The van der Waals surface area contributed by atoms with Crippen molar-refractivity contribution in [1.82, 2.24) is 0 Å². The number of rotatable bonds is 2. The minimum Gasteiger partial charge on any atom is -0.456 e. The average Bonchev–Trinajstić information content (AvgIpc) is 4.15. The number of hydrogen-bond acceptors (Lipinski definition) is 4. The van der Waals surface area contributed by atoms with Crippen LogP contribution in [0, 0.1) is 0 Å². The maximum Gasteiger partial charge on any atom is 0.144 e. The van der Waals surface area contributed by atoms with E-state index >= 15 is 0 Å². The van der Waals surface area contributed by atoms with E-state index in [1.807, 2.05) is 24.3 Å². The summed E-state index contributed by atoms with van der Waals surface area (Å²) in [5.74, 6) is 0. The first-order valence-corrected chi connectivity index (χ1v) is 22.2. The van der Waals surface area contributed by atoms with Crippen LogP contribution in [-0.4, -0.2) is 0 Å². The molecule has 0 saturated heterocycles. The first-order chi connectivity index (χ1) is 31.2. The highest BCUT2D eigenvalue weighted by atomic mass is 16.3. The van der Waals surface area contributed by atoms with E-state index in [9.17, 15) is 0 Å². The van der Waals surface area contributed by atoms with Crippen LogP contribution in [0.1, 0.15) is 49.9 Å². The van der Waals surface area contributed by atoms with E-state index in [1.165, 1.54) is 44.5 Å². The number of fused-ring (bicyclic) bond motifs is 21. The van der Waals surface area contributed by atoms with Crippen LogP contribution in [0.15, 0.2) is 175 Å². The molecule has 64 heavy (non-hydrogen) atoms. The van der Waals surface area contributed by atoms with Crippen molar-refractivity contribution in [2.45, 2.75) is 38.5 Å². The Hall–Kier alpha value is -7.82. The van der Waals surface area contributed by atoms with Crippen molar-refractivity contribution in [3.63, 3.8) is 0 Å². The van der Waals surface area contributed by atoms with Gasteiger partial charge in [-0.1, -0.05) is 125 Å². The Morgan fingerprint density at radius 2 is 0.734 bits per heavy atom. The first kappa shape index (κ1) is 34.7. The second-order valence-corrected chi connectivity index (χ2v) is 19.1. The monoisotopic (exact) mass is 822 g/mol. The predicted molar refractivity (Wildman–Crippen MR) is 262 cm³/mol. The molecule has 15 rings (SSSR count). The van der Waals surface area contributed by atoms with Crippen LogP contribution in [0.5, 0.6) is 0 Å². The van der Waals surface area contributed by atoms with Gasteiger partial charge in [0.15, 0.2) is 0 Å². The van der Waals surface area contributed by atoms with E-state index in [4.69, 9.17) is 17.7 Å². The van der Waals surface area contributed by atoms with Crippen molar-refractivity contribution >= 4 is 87.8 Å². The summed E-state index contributed by atoms with van der Waals surface area (Å²) in [6.45, 7) is 9.66. The van der Waals surface area contributed by atoms with Gasteiger partial charge in [0, 0.05) is 65.0 Å². The van der Waals surface area contributed by atoms with Crippen molar-refractivity contribution in [2.24, 2.45) is 0 Å². The van der Waals surface area contributed by atoms with E-state index < -0.39 is 0 Å². The summed E-state index contributed by atoms with van der Waals surface area (Å²) >= 11 is 0. The summed E-state index contributed by atoms with van der Waals surface area (Å²) in [7, 11) is 0. The summed E-state index contributed by atoms with van der Waals surface area (Å²) < 4.78 is 26.9. The molecule has 0 aliphatic heterocycles. The van der Waals surface area contributed by atoms with Crippen LogP contribution in [0.25, 0.3) is 132 Å². The maximum atomic E-state index is 7.04. The van der Waals surface area contributed by atoms with Gasteiger partial charge in [0.1, 0.15) is 44.7 Å². The molecule has 4 nitrogen and oxygen atoms in total. The Morgan fingerprint density at radius 3 is 1.31 bits per heavy atom. The predicted octanol–water partition coefficient (Wildman–Crippen LogP) is 17.2. The highest BCUT2D eigenvalue weighted by Gasteiger charge is 2.48. The topological polar surface area (TPSA) is 52.6 Å². The quantitative estimate of drug-likeness (QED) is 0.174. The van der Waals surface area contributed by atoms with Crippen molar-refractivity contribution < 1.29 is 17.7 Å². The lowest BCUT2D eigenvalue weighted by Gasteiger charge is -2.31. The van der Waals surface area contributed by atoms with Crippen molar-refractivity contribution in [2.75, 3.05) is 0 Å². The average molecular weight is 823 g/mol. The van der Waals surface area contributed by atoms with Gasteiger partial charge in [0.05, 0.1) is 0 Å². The molecule has 0 N–H and O–H groups in total. The SMILES string of the molecule is CC1(C)c2cc(-c3ccc4c(c3)oc3ccccc34)c3c(oc4ccccc43)c2-c2ccc3c(c21)C(C)(C)c1cc(-c2ccc4c(c2)oc2ccccc24)c2oc4ccccc4c2c1-3. The lowest BCUT2D eigenvalue weighted by atomic mass is 9.72. The minimum atomic E-state index is -0.368. The normalized spacial score (nSPS) is 14.8. The molecule has 0 amide bonds. The molecular weight excluding hydrogens is 785 g/mol. The summed E-state index contributed by atoms with van der Waals surface area (Å²) in [6.07, 6.45) is 0. The molecule has 0 atom stereocenters. The van der Waals surface area contributed by atoms with E-state index in [0.29, 0.717) is 0 Å². The zero-order chi connectivity index (χ0) is 42.4. The van der Waals surface area contributed by atoms with E-state index in [0.717, 1.165) is 110 Å². The second kappa shape index (κ2) is 11.6. The number of benzene rings is 9. The van der Waals surface area contributed by atoms with Gasteiger partial charge in [-0.3, -0.25) is 0 Å². The summed E-state index contributed by atoms with van der Waals surface area (Å²) in [5.41, 5.74) is 21.1. The maximum absolute atomic E-state index is 7.04. The zero-order valence-corrected chi connectivity index (χ0v) is 35.6. The number of furan rings is 4. The van der Waals surface area contributed by atoms with Gasteiger partial charge >= 0.3 is 0 Å². The molecular formula is C60H38O4. The standard InChI is InChI=1S/C60H38O4/c1-59(2)43-30-42(32-22-24-36-34-14-6-10-18-46(34)62-50(36)28-32)57-54(38-16-8-12-20-48(38)63-57)52(43)39-25-26-40-53-44(60(3,4)56(40)55(39)59)29-41(51-37-15-7-11-19-47(37)64-58(51)53)31-21-23-35-33-13-5-9-17-45(33)61-49(35)27-31/h5-30H,1-4H3. The third-order valence-electron chi connectivity index (χ3n) is 15.0. The Bertz CT molecular complexity index is 4250. The van der Waals surface area contributed by atoms with Gasteiger partial charge in [-0.15, -0.1) is 0 Å². The molecule has 2 aliphatic rings. The fourth-order valence-electron chi connectivity index (χ4n) is 12.1. The molecule has 4 aromatic heterocycles. The van der Waals surface area contributed by atoms with Gasteiger partial charge in [-0.2, -0.15) is 0 Å². The first-order valence-electron chi connectivity index (χ1n) is 22.2. The summed E-state index contributed by atoms with van der Waals surface area (Å²) in [4.78, 5) is 0. The number of hydrogen-bond donors (Lipinski definition) is 0. The smallest absolute Gasteiger partial charge is 0.144 e. The molecule has 9 aromatic carbocycles. The molecule has 0 unspecified atom stereocenters. The fourth-order valence-corrected chi connectivity index (χ4v) is 12.1. The van der Waals surface area contributed by atoms with E-state index in [1.54, 1.807) is 0 Å². The molecule has 0 fully saturated rings. The van der Waals surface area contributed by atoms with Crippen LogP contribution < -0.4 is 0 Å². The van der Waals surface area contributed by atoms with Gasteiger partial charge in [0.2, 0.25) is 0 Å². The van der Waals surface area contributed by atoms with Crippen molar-refractivity contribution in [3.8, 4) is 44.5 Å². The van der Waals surface area contributed by atoms with Crippen LogP contribution in [0.3, 0.4) is 0 Å².